The number of aromatic amines is 1. The van der Waals surface area contributed by atoms with Crippen LogP contribution in [0.15, 0.2) is 30.5 Å². The Balaban J connectivity index is 1.75. The van der Waals surface area contributed by atoms with Gasteiger partial charge in [0.2, 0.25) is 0 Å². The van der Waals surface area contributed by atoms with Crippen molar-refractivity contribution in [3.05, 3.63) is 36.0 Å². The van der Waals surface area contributed by atoms with Gasteiger partial charge in [-0.1, -0.05) is 12.1 Å². The number of rotatable bonds is 1. The second kappa shape index (κ2) is 3.82. The van der Waals surface area contributed by atoms with Crippen LogP contribution >= 0.6 is 0 Å². The minimum absolute atomic E-state index is 0.100. The van der Waals surface area contributed by atoms with Gasteiger partial charge in [0.1, 0.15) is 0 Å². The first kappa shape index (κ1) is 11.5. The third kappa shape index (κ3) is 1.57. The van der Waals surface area contributed by atoms with Crippen LogP contribution in [0, 0.1) is 0 Å². The number of benzene rings is 1. The Morgan fingerprint density at radius 3 is 3.00 bits per heavy atom. The van der Waals surface area contributed by atoms with E-state index in [-0.39, 0.29) is 12.0 Å². The summed E-state index contributed by atoms with van der Waals surface area (Å²) in [6.45, 7) is 1.72. The Bertz CT molecular complexity index is 619. The van der Waals surface area contributed by atoms with Gasteiger partial charge >= 0.3 is 0 Å². The van der Waals surface area contributed by atoms with Crippen molar-refractivity contribution < 1.29 is 10.2 Å². The summed E-state index contributed by atoms with van der Waals surface area (Å²) in [4.78, 5) is 5.40. The molecule has 1 aromatic heterocycles. The molecule has 4 rings (SSSR count). The average Bonchev–Trinajstić information content (AvgIpc) is 3.06. The lowest BCUT2D eigenvalue weighted by Gasteiger charge is -2.28. The maximum atomic E-state index is 10.5. The van der Waals surface area contributed by atoms with Crippen LogP contribution in [0.3, 0.4) is 0 Å². The van der Waals surface area contributed by atoms with Gasteiger partial charge in [-0.2, -0.15) is 0 Å². The predicted molar refractivity (Wildman–Crippen MR) is 72.8 cm³/mol. The quantitative estimate of drug-likeness (QED) is 0.678. The molecule has 0 saturated carbocycles. The van der Waals surface area contributed by atoms with E-state index in [4.69, 9.17) is 0 Å². The van der Waals surface area contributed by atoms with Crippen LogP contribution in [0.5, 0.6) is 0 Å². The van der Waals surface area contributed by atoms with E-state index in [9.17, 15) is 10.2 Å². The van der Waals surface area contributed by atoms with Crippen LogP contribution in [0.4, 0.5) is 0 Å². The fourth-order valence-electron chi connectivity index (χ4n) is 3.76. The first-order chi connectivity index (χ1) is 9.16. The fraction of sp³-hybridized carbons (Fsp3) is 0.467. The van der Waals surface area contributed by atoms with E-state index in [2.05, 4.69) is 9.88 Å². The van der Waals surface area contributed by atoms with Crippen LogP contribution in [-0.4, -0.2) is 45.0 Å². The molecular weight excluding hydrogens is 240 g/mol. The van der Waals surface area contributed by atoms with Gasteiger partial charge in [0.15, 0.2) is 5.79 Å². The van der Waals surface area contributed by atoms with E-state index in [1.54, 1.807) is 0 Å². The molecule has 3 N–H and O–H groups in total. The van der Waals surface area contributed by atoms with E-state index in [1.807, 2.05) is 30.5 Å². The van der Waals surface area contributed by atoms with Gasteiger partial charge in [-0.05, 0) is 42.5 Å². The number of aliphatic hydroxyl groups is 2. The van der Waals surface area contributed by atoms with Gasteiger partial charge in [0.05, 0.1) is 12.0 Å². The highest BCUT2D eigenvalue weighted by molar-refractivity contribution is 5.80. The van der Waals surface area contributed by atoms with E-state index in [0.717, 1.165) is 42.4 Å². The fourth-order valence-corrected chi connectivity index (χ4v) is 3.76. The van der Waals surface area contributed by atoms with Crippen molar-refractivity contribution in [3.8, 4) is 0 Å². The maximum absolute atomic E-state index is 10.5. The van der Waals surface area contributed by atoms with Crippen LogP contribution < -0.4 is 0 Å². The van der Waals surface area contributed by atoms with Gasteiger partial charge < -0.3 is 15.2 Å². The SMILES string of the molecule is OC1(O)C(c2ccc3cc[nH]c3c2)CN2CCCC21. The average molecular weight is 258 g/mol. The lowest BCUT2D eigenvalue weighted by atomic mass is 9.88. The Morgan fingerprint density at radius 1 is 1.26 bits per heavy atom. The third-order valence-electron chi connectivity index (χ3n) is 4.77. The molecule has 0 spiro atoms. The molecule has 1 aromatic carbocycles. The highest BCUT2D eigenvalue weighted by atomic mass is 16.5. The van der Waals surface area contributed by atoms with Crippen molar-refractivity contribution in [1.82, 2.24) is 9.88 Å². The summed E-state index contributed by atoms with van der Waals surface area (Å²) >= 11 is 0. The van der Waals surface area contributed by atoms with Crippen LogP contribution in [0.25, 0.3) is 10.9 Å². The second-order valence-electron chi connectivity index (χ2n) is 5.81. The van der Waals surface area contributed by atoms with Crippen molar-refractivity contribution in [2.45, 2.75) is 30.6 Å². The largest absolute Gasteiger partial charge is 0.364 e. The molecule has 2 aromatic rings. The first-order valence-electron chi connectivity index (χ1n) is 6.92. The van der Waals surface area contributed by atoms with Gasteiger partial charge in [0, 0.05) is 18.3 Å². The second-order valence-corrected chi connectivity index (χ2v) is 5.81. The van der Waals surface area contributed by atoms with Crippen molar-refractivity contribution >= 4 is 10.9 Å². The van der Waals surface area contributed by atoms with Crippen molar-refractivity contribution in [2.24, 2.45) is 0 Å². The third-order valence-corrected chi connectivity index (χ3v) is 4.77. The number of fused-ring (bicyclic) bond motifs is 2. The number of nitrogens with one attached hydrogen (secondary N) is 1. The topological polar surface area (TPSA) is 59.5 Å². The summed E-state index contributed by atoms with van der Waals surface area (Å²) in [6, 6.07) is 8.03. The normalized spacial score (nSPS) is 30.0. The Hall–Kier alpha value is -1.36. The summed E-state index contributed by atoms with van der Waals surface area (Å²) in [6.07, 6.45) is 3.86. The van der Waals surface area contributed by atoms with Crippen molar-refractivity contribution in [3.63, 3.8) is 0 Å². The molecule has 0 bridgehead atoms. The van der Waals surface area contributed by atoms with Crippen molar-refractivity contribution in [1.29, 1.82) is 0 Å². The maximum Gasteiger partial charge on any atom is 0.186 e. The lowest BCUT2D eigenvalue weighted by Crippen LogP contribution is -2.43. The summed E-state index contributed by atoms with van der Waals surface area (Å²) in [5, 5.41) is 22.2. The summed E-state index contributed by atoms with van der Waals surface area (Å²) in [5.41, 5.74) is 2.06. The van der Waals surface area contributed by atoms with Gasteiger partial charge in [0.25, 0.3) is 0 Å². The molecule has 2 unspecified atom stereocenters. The highest BCUT2D eigenvalue weighted by Crippen LogP contribution is 2.43. The minimum atomic E-state index is -1.60. The zero-order chi connectivity index (χ0) is 13.0. The Labute approximate surface area is 111 Å². The standard InChI is InChI=1S/C15H18N2O2/c18-15(19)12(9-17-7-1-2-14(15)17)11-4-3-10-5-6-16-13(10)8-11/h3-6,8,12,14,16,18-19H,1-2,7,9H2. The molecule has 2 saturated heterocycles. The number of aromatic nitrogens is 1. The van der Waals surface area contributed by atoms with E-state index >= 15 is 0 Å². The molecule has 2 fully saturated rings. The summed E-state index contributed by atoms with van der Waals surface area (Å²) < 4.78 is 0. The number of nitrogens with zero attached hydrogens (tertiary/aromatic N) is 1. The molecule has 19 heavy (non-hydrogen) atoms. The summed E-state index contributed by atoms with van der Waals surface area (Å²) in [5.74, 6) is -1.82. The Kier molecular flexibility index (Phi) is 2.31. The summed E-state index contributed by atoms with van der Waals surface area (Å²) in [7, 11) is 0. The molecule has 0 radical (unpaired) electrons. The zero-order valence-corrected chi connectivity index (χ0v) is 10.7. The van der Waals surface area contributed by atoms with Crippen LogP contribution in [0.2, 0.25) is 0 Å². The molecule has 0 aliphatic carbocycles. The molecule has 4 nitrogen and oxygen atoms in total. The van der Waals surface area contributed by atoms with Crippen LogP contribution in [0.1, 0.15) is 24.3 Å². The molecule has 4 heteroatoms. The first-order valence-corrected chi connectivity index (χ1v) is 6.92. The zero-order valence-electron chi connectivity index (χ0n) is 10.7. The molecule has 2 atom stereocenters. The van der Waals surface area contributed by atoms with E-state index in [0.29, 0.717) is 0 Å². The van der Waals surface area contributed by atoms with Gasteiger partial charge in [-0.25, -0.2) is 0 Å². The lowest BCUT2D eigenvalue weighted by molar-refractivity contribution is -0.182. The Morgan fingerprint density at radius 2 is 2.16 bits per heavy atom. The molecular formula is C15H18N2O2. The smallest absolute Gasteiger partial charge is 0.186 e. The highest BCUT2D eigenvalue weighted by Gasteiger charge is 2.54. The van der Waals surface area contributed by atoms with E-state index in [1.165, 1.54) is 0 Å². The number of H-pyrrole nitrogens is 1. The van der Waals surface area contributed by atoms with E-state index < -0.39 is 5.79 Å². The monoisotopic (exact) mass is 258 g/mol. The van der Waals surface area contributed by atoms with Gasteiger partial charge in [-0.3, -0.25) is 4.90 Å². The molecule has 2 aliphatic rings. The number of hydrogen-bond donors (Lipinski definition) is 3. The van der Waals surface area contributed by atoms with Crippen molar-refractivity contribution in [2.75, 3.05) is 13.1 Å². The molecule has 0 amide bonds. The minimum Gasteiger partial charge on any atom is -0.364 e. The number of hydrogen-bond acceptors (Lipinski definition) is 3. The molecule has 100 valence electrons. The molecule has 2 aliphatic heterocycles. The van der Waals surface area contributed by atoms with Crippen LogP contribution in [-0.2, 0) is 0 Å². The predicted octanol–water partition coefficient (Wildman–Crippen LogP) is 1.41. The van der Waals surface area contributed by atoms with Gasteiger partial charge in [-0.15, -0.1) is 0 Å². The molecule has 3 heterocycles.